The first kappa shape index (κ1) is 11.4. The number of likely N-dealkylation sites (tertiary alicyclic amines) is 1. The molecule has 2 rings (SSSR count). The van der Waals surface area contributed by atoms with Crippen molar-refractivity contribution < 1.29 is 0 Å². The van der Waals surface area contributed by atoms with Crippen molar-refractivity contribution in [2.45, 2.75) is 58.0 Å². The highest BCUT2D eigenvalue weighted by Crippen LogP contribution is 2.29. The lowest BCUT2D eigenvalue weighted by molar-refractivity contribution is 0.0880. The van der Waals surface area contributed by atoms with Gasteiger partial charge in [0.2, 0.25) is 0 Å². The maximum atomic E-state index is 6.16. The fourth-order valence-corrected chi connectivity index (χ4v) is 3.06. The summed E-state index contributed by atoms with van der Waals surface area (Å²) < 4.78 is 0. The van der Waals surface area contributed by atoms with Gasteiger partial charge in [0.25, 0.3) is 0 Å². The Labute approximate surface area is 94.2 Å². The van der Waals surface area contributed by atoms with Crippen molar-refractivity contribution in [3.05, 3.63) is 0 Å². The van der Waals surface area contributed by atoms with Gasteiger partial charge in [0.1, 0.15) is 0 Å². The van der Waals surface area contributed by atoms with E-state index in [1.54, 1.807) is 0 Å². The SMILES string of the molecule is CC1CCC(N2CCC(C)C(N)C2)CC1. The molecule has 0 radical (unpaired) electrons. The summed E-state index contributed by atoms with van der Waals surface area (Å²) in [4.78, 5) is 2.66. The smallest absolute Gasteiger partial charge is 0.0194 e. The Kier molecular flexibility index (Phi) is 3.68. The number of hydrogen-bond donors (Lipinski definition) is 1. The molecule has 1 aliphatic carbocycles. The van der Waals surface area contributed by atoms with E-state index in [0.717, 1.165) is 24.4 Å². The number of nitrogens with two attached hydrogens (primary N) is 1. The number of rotatable bonds is 1. The lowest BCUT2D eigenvalue weighted by atomic mass is 9.84. The van der Waals surface area contributed by atoms with E-state index in [0.29, 0.717) is 6.04 Å². The van der Waals surface area contributed by atoms with Gasteiger partial charge in [-0.15, -0.1) is 0 Å². The minimum atomic E-state index is 0.415. The first-order chi connectivity index (χ1) is 7.16. The summed E-state index contributed by atoms with van der Waals surface area (Å²) >= 11 is 0. The summed E-state index contributed by atoms with van der Waals surface area (Å²) in [7, 11) is 0. The lowest BCUT2D eigenvalue weighted by Gasteiger charge is -2.42. The van der Waals surface area contributed by atoms with Crippen molar-refractivity contribution in [2.75, 3.05) is 13.1 Å². The van der Waals surface area contributed by atoms with Crippen LogP contribution in [0.15, 0.2) is 0 Å². The van der Waals surface area contributed by atoms with Crippen molar-refractivity contribution in [3.8, 4) is 0 Å². The fourth-order valence-electron chi connectivity index (χ4n) is 3.06. The normalized spacial score (nSPS) is 44.2. The van der Waals surface area contributed by atoms with E-state index in [-0.39, 0.29) is 0 Å². The summed E-state index contributed by atoms with van der Waals surface area (Å²) in [5.41, 5.74) is 6.16. The van der Waals surface area contributed by atoms with Crippen LogP contribution in [0.1, 0.15) is 46.0 Å². The first-order valence-electron chi connectivity index (χ1n) is 6.66. The highest BCUT2D eigenvalue weighted by molar-refractivity contribution is 4.86. The van der Waals surface area contributed by atoms with Crippen molar-refractivity contribution in [1.82, 2.24) is 4.90 Å². The Balaban J connectivity index is 1.84. The van der Waals surface area contributed by atoms with Crippen LogP contribution in [0.5, 0.6) is 0 Å². The molecule has 1 heterocycles. The maximum Gasteiger partial charge on any atom is 0.0194 e. The molecule has 1 saturated heterocycles. The molecule has 2 heteroatoms. The zero-order valence-electron chi connectivity index (χ0n) is 10.3. The molecule has 0 aromatic carbocycles. The van der Waals surface area contributed by atoms with Gasteiger partial charge in [-0.05, 0) is 50.5 Å². The number of hydrogen-bond acceptors (Lipinski definition) is 2. The summed E-state index contributed by atoms with van der Waals surface area (Å²) in [5.74, 6) is 1.68. The molecule has 2 N–H and O–H groups in total. The van der Waals surface area contributed by atoms with Crippen molar-refractivity contribution in [3.63, 3.8) is 0 Å². The quantitative estimate of drug-likeness (QED) is 0.719. The van der Waals surface area contributed by atoms with Crippen molar-refractivity contribution in [1.29, 1.82) is 0 Å². The molecule has 88 valence electrons. The van der Waals surface area contributed by atoms with Gasteiger partial charge >= 0.3 is 0 Å². The average Bonchev–Trinajstić information content (AvgIpc) is 2.23. The Morgan fingerprint density at radius 2 is 1.67 bits per heavy atom. The number of nitrogens with zero attached hydrogens (tertiary/aromatic N) is 1. The molecule has 2 nitrogen and oxygen atoms in total. The molecule has 2 atom stereocenters. The largest absolute Gasteiger partial charge is 0.326 e. The third-order valence-electron chi connectivity index (χ3n) is 4.55. The van der Waals surface area contributed by atoms with Gasteiger partial charge in [-0.2, -0.15) is 0 Å². The molecule has 0 aromatic heterocycles. The monoisotopic (exact) mass is 210 g/mol. The molecule has 15 heavy (non-hydrogen) atoms. The van der Waals surface area contributed by atoms with Crippen LogP contribution >= 0.6 is 0 Å². The Hall–Kier alpha value is -0.0800. The van der Waals surface area contributed by atoms with Crippen LogP contribution in [0.2, 0.25) is 0 Å². The van der Waals surface area contributed by atoms with E-state index in [1.165, 1.54) is 38.6 Å². The average molecular weight is 210 g/mol. The van der Waals surface area contributed by atoms with Crippen molar-refractivity contribution >= 4 is 0 Å². The lowest BCUT2D eigenvalue weighted by Crippen LogP contribution is -2.51. The van der Waals surface area contributed by atoms with Gasteiger partial charge in [0.15, 0.2) is 0 Å². The summed E-state index contributed by atoms with van der Waals surface area (Å²) in [6, 6.07) is 1.26. The summed E-state index contributed by atoms with van der Waals surface area (Å²) in [5, 5.41) is 0. The predicted octanol–water partition coefficient (Wildman–Crippen LogP) is 2.23. The molecular formula is C13H26N2. The van der Waals surface area contributed by atoms with Crippen LogP contribution in [-0.2, 0) is 0 Å². The molecule has 2 aliphatic rings. The number of piperidine rings is 1. The van der Waals surface area contributed by atoms with E-state index in [2.05, 4.69) is 18.7 Å². The minimum absolute atomic E-state index is 0.415. The topological polar surface area (TPSA) is 29.3 Å². The van der Waals surface area contributed by atoms with Crippen LogP contribution in [0.25, 0.3) is 0 Å². The van der Waals surface area contributed by atoms with E-state index >= 15 is 0 Å². The molecular weight excluding hydrogens is 184 g/mol. The summed E-state index contributed by atoms with van der Waals surface area (Å²) in [6.45, 7) is 7.11. The fraction of sp³-hybridized carbons (Fsp3) is 1.00. The van der Waals surface area contributed by atoms with Gasteiger partial charge in [0.05, 0.1) is 0 Å². The second kappa shape index (κ2) is 4.84. The van der Waals surface area contributed by atoms with Gasteiger partial charge < -0.3 is 5.73 Å². The third-order valence-corrected chi connectivity index (χ3v) is 4.55. The van der Waals surface area contributed by atoms with E-state index in [4.69, 9.17) is 5.73 Å². The Morgan fingerprint density at radius 1 is 1.00 bits per heavy atom. The highest BCUT2D eigenvalue weighted by Gasteiger charge is 2.29. The molecule has 0 spiro atoms. The van der Waals surface area contributed by atoms with Gasteiger partial charge in [-0.1, -0.05) is 13.8 Å². The van der Waals surface area contributed by atoms with Crippen LogP contribution in [0, 0.1) is 11.8 Å². The second-order valence-corrected chi connectivity index (χ2v) is 5.84. The molecule has 1 aliphatic heterocycles. The zero-order chi connectivity index (χ0) is 10.8. The van der Waals surface area contributed by atoms with E-state index < -0.39 is 0 Å². The van der Waals surface area contributed by atoms with Crippen LogP contribution in [-0.4, -0.2) is 30.1 Å². The van der Waals surface area contributed by atoms with Gasteiger partial charge in [-0.3, -0.25) is 4.90 Å². The first-order valence-corrected chi connectivity index (χ1v) is 6.66. The third kappa shape index (κ3) is 2.73. The minimum Gasteiger partial charge on any atom is -0.326 e. The molecule has 0 amide bonds. The van der Waals surface area contributed by atoms with Crippen LogP contribution in [0.3, 0.4) is 0 Å². The molecule has 2 fully saturated rings. The van der Waals surface area contributed by atoms with E-state index in [1.807, 2.05) is 0 Å². The molecule has 0 bridgehead atoms. The Bertz CT molecular complexity index is 197. The summed E-state index contributed by atoms with van der Waals surface area (Å²) in [6.07, 6.45) is 6.95. The van der Waals surface area contributed by atoms with Crippen molar-refractivity contribution in [2.24, 2.45) is 17.6 Å². The molecule has 0 aromatic rings. The highest BCUT2D eigenvalue weighted by atomic mass is 15.2. The Morgan fingerprint density at radius 3 is 2.27 bits per heavy atom. The van der Waals surface area contributed by atoms with Gasteiger partial charge in [-0.25, -0.2) is 0 Å². The van der Waals surface area contributed by atoms with Gasteiger partial charge in [0, 0.05) is 18.6 Å². The van der Waals surface area contributed by atoms with E-state index in [9.17, 15) is 0 Å². The second-order valence-electron chi connectivity index (χ2n) is 5.84. The molecule has 2 unspecified atom stereocenters. The van der Waals surface area contributed by atoms with Crippen LogP contribution < -0.4 is 5.73 Å². The van der Waals surface area contributed by atoms with Crippen LogP contribution in [0.4, 0.5) is 0 Å². The standard InChI is InChI=1S/C13H26N2/c1-10-3-5-12(6-4-10)15-8-7-11(2)13(14)9-15/h10-13H,3-9,14H2,1-2H3. The predicted molar refractivity (Wildman–Crippen MR) is 64.7 cm³/mol. The maximum absolute atomic E-state index is 6.16. The molecule has 1 saturated carbocycles. The zero-order valence-corrected chi connectivity index (χ0v) is 10.3.